The Hall–Kier alpha value is -3.19. The average Bonchev–Trinajstić information content (AvgIpc) is 2.83. The maximum absolute atomic E-state index is 12.1. The molecule has 3 rings (SSSR count). The van der Waals surface area contributed by atoms with Crippen LogP contribution in [0.4, 0.5) is 11.4 Å². The number of nitrogens with zero attached hydrogens (tertiary/aromatic N) is 2. The van der Waals surface area contributed by atoms with Crippen molar-refractivity contribution in [2.45, 2.75) is 13.5 Å². The molecule has 9 nitrogen and oxygen atoms in total. The van der Waals surface area contributed by atoms with Crippen molar-refractivity contribution in [1.82, 2.24) is 5.43 Å². The SMILES string of the molecule is CCOc1cc(/C=N\NC(=O)CNc2ccc(Br)cc2)cc(I)c1OCc1ccc([N+](=O)[O-])cc1. The molecule has 0 aliphatic carbocycles. The first-order valence-electron chi connectivity index (χ1n) is 10.5. The number of anilines is 1. The fourth-order valence-electron chi connectivity index (χ4n) is 2.90. The van der Waals surface area contributed by atoms with Gasteiger partial charge in [-0.15, -0.1) is 0 Å². The van der Waals surface area contributed by atoms with Crippen LogP contribution in [-0.4, -0.2) is 30.2 Å². The largest absolute Gasteiger partial charge is 0.490 e. The number of non-ortho nitro benzene ring substituents is 1. The molecule has 0 aromatic heterocycles. The summed E-state index contributed by atoms with van der Waals surface area (Å²) in [7, 11) is 0. The standard InChI is InChI=1S/C24H22BrIN4O5/c1-2-34-22-12-17(13-28-29-23(31)14-27-19-7-5-18(25)6-8-19)11-21(26)24(22)35-15-16-3-9-20(10-4-16)30(32)33/h3-13,27H,2,14-15H2,1H3,(H,29,31)/b28-13-. The zero-order valence-electron chi connectivity index (χ0n) is 18.7. The van der Waals surface area contributed by atoms with Crippen LogP contribution >= 0.6 is 38.5 Å². The van der Waals surface area contributed by atoms with E-state index in [1.54, 1.807) is 18.2 Å². The third kappa shape index (κ3) is 8.21. The molecule has 3 aromatic carbocycles. The number of nitro groups is 1. The number of hydrazone groups is 1. The van der Waals surface area contributed by atoms with Gasteiger partial charge in [0.2, 0.25) is 0 Å². The van der Waals surface area contributed by atoms with Gasteiger partial charge in [-0.05, 0) is 89.2 Å². The summed E-state index contributed by atoms with van der Waals surface area (Å²) in [6.45, 7) is 2.61. The zero-order valence-corrected chi connectivity index (χ0v) is 22.4. The third-order valence-corrected chi connectivity index (χ3v) is 5.89. The van der Waals surface area contributed by atoms with Gasteiger partial charge in [0.15, 0.2) is 11.5 Å². The van der Waals surface area contributed by atoms with Gasteiger partial charge in [-0.1, -0.05) is 15.9 Å². The molecule has 0 atom stereocenters. The summed E-state index contributed by atoms with van der Waals surface area (Å²) in [4.78, 5) is 22.4. The average molecular weight is 653 g/mol. The molecule has 1 amide bonds. The summed E-state index contributed by atoms with van der Waals surface area (Å²) in [5, 5.41) is 17.9. The molecule has 182 valence electrons. The molecule has 0 spiro atoms. The molecule has 0 aliphatic rings. The van der Waals surface area contributed by atoms with Crippen molar-refractivity contribution in [1.29, 1.82) is 0 Å². The number of amides is 1. The van der Waals surface area contributed by atoms with Crippen LogP contribution in [0, 0.1) is 13.7 Å². The number of halogens is 2. The second-order valence-electron chi connectivity index (χ2n) is 7.13. The van der Waals surface area contributed by atoms with Gasteiger partial charge in [-0.3, -0.25) is 14.9 Å². The van der Waals surface area contributed by atoms with Crippen LogP contribution in [0.3, 0.4) is 0 Å². The molecule has 35 heavy (non-hydrogen) atoms. The first-order valence-corrected chi connectivity index (χ1v) is 12.4. The van der Waals surface area contributed by atoms with E-state index >= 15 is 0 Å². The lowest BCUT2D eigenvalue weighted by molar-refractivity contribution is -0.384. The molecule has 2 N–H and O–H groups in total. The minimum atomic E-state index is -0.442. The Morgan fingerprint density at radius 2 is 1.86 bits per heavy atom. The summed E-state index contributed by atoms with van der Waals surface area (Å²) < 4.78 is 13.4. The number of carbonyl (C=O) groups is 1. The molecule has 0 unspecified atom stereocenters. The molecule has 0 aliphatic heterocycles. The van der Waals surface area contributed by atoms with Gasteiger partial charge in [0, 0.05) is 22.3 Å². The molecule has 11 heteroatoms. The van der Waals surface area contributed by atoms with E-state index in [0.717, 1.165) is 24.9 Å². The highest BCUT2D eigenvalue weighted by atomic mass is 127. The fraction of sp³-hybridized carbons (Fsp3) is 0.167. The maximum atomic E-state index is 12.1. The highest BCUT2D eigenvalue weighted by Crippen LogP contribution is 2.34. The van der Waals surface area contributed by atoms with Gasteiger partial charge in [0.1, 0.15) is 6.61 Å². The Kier molecular flexibility index (Phi) is 9.85. The predicted octanol–water partition coefficient (Wildman–Crippen LogP) is 5.50. The van der Waals surface area contributed by atoms with E-state index in [1.807, 2.05) is 37.3 Å². The van der Waals surface area contributed by atoms with E-state index in [-0.39, 0.29) is 24.7 Å². The molecular weight excluding hydrogens is 631 g/mol. The van der Waals surface area contributed by atoms with E-state index in [0.29, 0.717) is 18.1 Å². The number of ether oxygens (including phenoxy) is 2. The van der Waals surface area contributed by atoms with E-state index < -0.39 is 4.92 Å². The number of hydrogen-bond acceptors (Lipinski definition) is 7. The monoisotopic (exact) mass is 652 g/mol. The quantitative estimate of drug-likeness (QED) is 0.122. The van der Waals surface area contributed by atoms with Crippen LogP contribution in [0.5, 0.6) is 11.5 Å². The molecule has 3 aromatic rings. The summed E-state index contributed by atoms with van der Waals surface area (Å²) in [5.74, 6) is 0.809. The summed E-state index contributed by atoms with van der Waals surface area (Å²) >= 11 is 5.51. The smallest absolute Gasteiger partial charge is 0.269 e. The normalized spacial score (nSPS) is 10.7. The van der Waals surface area contributed by atoms with Crippen LogP contribution in [-0.2, 0) is 11.4 Å². The number of benzene rings is 3. The molecule has 0 saturated carbocycles. The lowest BCUT2D eigenvalue weighted by Crippen LogP contribution is -2.25. The summed E-state index contributed by atoms with van der Waals surface area (Å²) in [6.07, 6.45) is 1.53. The Bertz CT molecular complexity index is 1200. The van der Waals surface area contributed by atoms with Crippen molar-refractivity contribution in [3.63, 3.8) is 0 Å². The third-order valence-electron chi connectivity index (χ3n) is 4.56. The van der Waals surface area contributed by atoms with E-state index in [1.165, 1.54) is 18.3 Å². The van der Waals surface area contributed by atoms with E-state index in [2.05, 4.69) is 54.4 Å². The van der Waals surface area contributed by atoms with Crippen molar-refractivity contribution >= 4 is 62.0 Å². The van der Waals surface area contributed by atoms with Gasteiger partial charge < -0.3 is 14.8 Å². The zero-order chi connectivity index (χ0) is 25.2. The number of nitrogens with one attached hydrogen (secondary N) is 2. The minimum absolute atomic E-state index is 0.0261. The highest BCUT2D eigenvalue weighted by Gasteiger charge is 2.13. The van der Waals surface area contributed by atoms with E-state index in [4.69, 9.17) is 9.47 Å². The predicted molar refractivity (Wildman–Crippen MR) is 146 cm³/mol. The Morgan fingerprint density at radius 1 is 1.14 bits per heavy atom. The number of nitro benzene ring substituents is 1. The fourth-order valence-corrected chi connectivity index (χ4v) is 3.95. The highest BCUT2D eigenvalue weighted by molar-refractivity contribution is 14.1. The number of hydrogen-bond donors (Lipinski definition) is 2. The summed E-state index contributed by atoms with van der Waals surface area (Å²) in [6, 6.07) is 17.3. The Balaban J connectivity index is 1.60. The maximum Gasteiger partial charge on any atom is 0.269 e. The van der Waals surface area contributed by atoms with Crippen LogP contribution in [0.1, 0.15) is 18.1 Å². The van der Waals surface area contributed by atoms with Gasteiger partial charge >= 0.3 is 0 Å². The van der Waals surface area contributed by atoms with Gasteiger partial charge in [-0.25, -0.2) is 5.43 Å². The van der Waals surface area contributed by atoms with Crippen molar-refractivity contribution in [2.24, 2.45) is 5.10 Å². The topological polar surface area (TPSA) is 115 Å². The molecule has 0 radical (unpaired) electrons. The van der Waals surface area contributed by atoms with Gasteiger partial charge in [0.05, 0.1) is 27.9 Å². The second-order valence-corrected chi connectivity index (χ2v) is 9.21. The summed E-state index contributed by atoms with van der Waals surface area (Å²) in [5.41, 5.74) is 4.86. The van der Waals surface area contributed by atoms with E-state index in [9.17, 15) is 14.9 Å². The van der Waals surface area contributed by atoms with Crippen molar-refractivity contribution < 1.29 is 19.2 Å². The Morgan fingerprint density at radius 3 is 2.51 bits per heavy atom. The molecule has 0 saturated heterocycles. The van der Waals surface area contributed by atoms with Gasteiger partial charge in [-0.2, -0.15) is 5.10 Å². The molecule has 0 heterocycles. The first-order chi connectivity index (χ1) is 16.9. The lowest BCUT2D eigenvalue weighted by atomic mass is 10.2. The first kappa shape index (κ1) is 26.4. The van der Waals surface area contributed by atoms with Crippen molar-refractivity contribution in [3.05, 3.63) is 89.9 Å². The van der Waals surface area contributed by atoms with Crippen LogP contribution in [0.2, 0.25) is 0 Å². The molecule has 0 bridgehead atoms. The van der Waals surface area contributed by atoms with Crippen LogP contribution in [0.15, 0.2) is 70.2 Å². The number of carbonyl (C=O) groups excluding carboxylic acids is 1. The Labute approximate surface area is 224 Å². The molecule has 0 fully saturated rings. The lowest BCUT2D eigenvalue weighted by Gasteiger charge is -2.14. The number of rotatable bonds is 11. The second kappa shape index (κ2) is 13.0. The minimum Gasteiger partial charge on any atom is -0.490 e. The molecular formula is C24H22BrIN4O5. The van der Waals surface area contributed by atoms with Gasteiger partial charge in [0.25, 0.3) is 11.6 Å². The van der Waals surface area contributed by atoms with Crippen molar-refractivity contribution in [2.75, 3.05) is 18.5 Å². The van der Waals surface area contributed by atoms with Crippen LogP contribution in [0.25, 0.3) is 0 Å². The van der Waals surface area contributed by atoms with Crippen molar-refractivity contribution in [3.8, 4) is 11.5 Å². The van der Waals surface area contributed by atoms with Crippen LogP contribution < -0.4 is 20.2 Å².